The number of benzene rings is 1. The number of nitrogens with two attached hydrogens (primary N) is 1. The van der Waals surface area contributed by atoms with Gasteiger partial charge in [0.05, 0.1) is 6.54 Å². The Morgan fingerprint density at radius 1 is 1.33 bits per heavy atom. The van der Waals surface area contributed by atoms with Gasteiger partial charge >= 0.3 is 6.03 Å². The first-order valence-electron chi connectivity index (χ1n) is 7.72. The number of hydrogen-bond donors (Lipinski definition) is 2. The van der Waals surface area contributed by atoms with Crippen LogP contribution in [-0.2, 0) is 4.79 Å². The fraction of sp³-hybridized carbons (Fsp3) is 0.353. The zero-order chi connectivity index (χ0) is 17.7. The number of rotatable bonds is 4. The van der Waals surface area contributed by atoms with Gasteiger partial charge < -0.3 is 20.9 Å². The molecular weight excluding hydrogens is 308 g/mol. The van der Waals surface area contributed by atoms with Crippen LogP contribution in [0.1, 0.15) is 23.7 Å². The average molecular weight is 330 g/mol. The summed E-state index contributed by atoms with van der Waals surface area (Å²) in [5, 5.41) is 2.80. The maximum absolute atomic E-state index is 12.3. The molecule has 7 heteroatoms. The van der Waals surface area contributed by atoms with E-state index < -0.39 is 5.91 Å². The van der Waals surface area contributed by atoms with Gasteiger partial charge in [-0.15, -0.1) is 0 Å². The van der Waals surface area contributed by atoms with Gasteiger partial charge in [0, 0.05) is 31.4 Å². The molecule has 1 heterocycles. The van der Waals surface area contributed by atoms with Crippen LogP contribution in [0, 0.1) is 0 Å². The zero-order valence-electron chi connectivity index (χ0n) is 13.9. The molecule has 128 valence electrons. The van der Waals surface area contributed by atoms with Gasteiger partial charge in [-0.2, -0.15) is 0 Å². The molecular formula is C17H22N4O3. The van der Waals surface area contributed by atoms with Crippen molar-refractivity contribution in [3.63, 3.8) is 0 Å². The van der Waals surface area contributed by atoms with Crippen molar-refractivity contribution < 1.29 is 14.4 Å². The Morgan fingerprint density at radius 3 is 2.71 bits per heavy atom. The quantitative estimate of drug-likeness (QED) is 0.817. The molecule has 24 heavy (non-hydrogen) atoms. The number of carbonyl (C=O) groups excluding carboxylic acids is 3. The van der Waals surface area contributed by atoms with Crippen LogP contribution in [0.5, 0.6) is 0 Å². The van der Waals surface area contributed by atoms with Gasteiger partial charge in [-0.3, -0.25) is 9.59 Å². The molecule has 0 unspecified atom stereocenters. The number of carbonyl (C=O) groups is 3. The smallest absolute Gasteiger partial charge is 0.322 e. The Morgan fingerprint density at radius 2 is 2.08 bits per heavy atom. The van der Waals surface area contributed by atoms with Crippen molar-refractivity contribution in [3.05, 3.63) is 41.5 Å². The predicted molar refractivity (Wildman–Crippen MR) is 91.6 cm³/mol. The maximum atomic E-state index is 12.3. The van der Waals surface area contributed by atoms with Crippen LogP contribution in [0.4, 0.5) is 10.5 Å². The molecule has 3 N–H and O–H groups in total. The molecule has 2 rings (SSSR count). The molecule has 0 atom stereocenters. The second-order valence-electron chi connectivity index (χ2n) is 5.88. The van der Waals surface area contributed by atoms with Gasteiger partial charge in [-0.05, 0) is 31.5 Å². The molecule has 1 aliphatic heterocycles. The second-order valence-corrected chi connectivity index (χ2v) is 5.88. The summed E-state index contributed by atoms with van der Waals surface area (Å²) in [7, 11) is 1.50. The van der Waals surface area contributed by atoms with Crippen molar-refractivity contribution in [1.29, 1.82) is 0 Å². The summed E-state index contributed by atoms with van der Waals surface area (Å²) in [5.74, 6) is -0.912. The van der Waals surface area contributed by atoms with Crippen molar-refractivity contribution in [2.45, 2.75) is 13.3 Å². The summed E-state index contributed by atoms with van der Waals surface area (Å²) in [6.07, 6.45) is 2.89. The summed E-state index contributed by atoms with van der Waals surface area (Å²) < 4.78 is 0. The number of amides is 4. The fourth-order valence-electron chi connectivity index (χ4n) is 2.41. The predicted octanol–water partition coefficient (Wildman–Crippen LogP) is 1.43. The number of nitrogens with one attached hydrogen (secondary N) is 1. The molecule has 0 saturated carbocycles. The van der Waals surface area contributed by atoms with Gasteiger partial charge in [-0.25, -0.2) is 4.79 Å². The lowest BCUT2D eigenvalue weighted by Crippen LogP contribution is -2.38. The Balaban J connectivity index is 2.03. The van der Waals surface area contributed by atoms with E-state index in [1.807, 2.05) is 13.0 Å². The minimum absolute atomic E-state index is 0.158. The SMILES string of the molecule is CC1=CCN(C(=O)Nc2cccc(C(=O)N(C)CC(N)=O)c2)CC1. The summed E-state index contributed by atoms with van der Waals surface area (Å²) in [6.45, 7) is 3.15. The lowest BCUT2D eigenvalue weighted by Gasteiger charge is -2.25. The number of primary amides is 1. The van der Waals surface area contributed by atoms with Crippen molar-refractivity contribution in [2.75, 3.05) is 32.0 Å². The van der Waals surface area contributed by atoms with E-state index in [0.717, 1.165) is 6.42 Å². The summed E-state index contributed by atoms with van der Waals surface area (Å²) >= 11 is 0. The number of anilines is 1. The van der Waals surface area contributed by atoms with E-state index in [4.69, 9.17) is 5.73 Å². The van der Waals surface area contributed by atoms with Crippen LogP contribution in [-0.4, -0.2) is 54.3 Å². The third-order valence-electron chi connectivity index (χ3n) is 3.82. The first kappa shape index (κ1) is 17.5. The monoisotopic (exact) mass is 330 g/mol. The van der Waals surface area contributed by atoms with Crippen molar-refractivity contribution in [2.24, 2.45) is 5.73 Å². The standard InChI is InChI=1S/C17H22N4O3/c1-12-6-8-21(9-7-12)17(24)19-14-5-3-4-13(10-14)16(23)20(2)11-15(18)22/h3-6,10H,7-9,11H2,1-2H3,(H2,18,22)(H,19,24). The lowest BCUT2D eigenvalue weighted by molar-refractivity contribution is -0.118. The summed E-state index contributed by atoms with van der Waals surface area (Å²) in [4.78, 5) is 38.4. The Labute approximate surface area is 141 Å². The largest absolute Gasteiger partial charge is 0.368 e. The highest BCUT2D eigenvalue weighted by Gasteiger charge is 2.17. The molecule has 7 nitrogen and oxygen atoms in total. The van der Waals surface area contributed by atoms with Crippen LogP contribution in [0.25, 0.3) is 0 Å². The van der Waals surface area contributed by atoms with E-state index in [9.17, 15) is 14.4 Å². The summed E-state index contributed by atoms with van der Waals surface area (Å²) in [6, 6.07) is 6.41. The highest BCUT2D eigenvalue weighted by Crippen LogP contribution is 2.15. The molecule has 0 aromatic heterocycles. The topological polar surface area (TPSA) is 95.7 Å². The first-order chi connectivity index (χ1) is 11.4. The molecule has 0 radical (unpaired) electrons. The van der Waals surface area contributed by atoms with E-state index >= 15 is 0 Å². The van der Waals surface area contributed by atoms with E-state index in [2.05, 4.69) is 5.32 Å². The normalized spacial score (nSPS) is 13.9. The number of hydrogen-bond acceptors (Lipinski definition) is 3. The van der Waals surface area contributed by atoms with Crippen LogP contribution in [0.15, 0.2) is 35.9 Å². The van der Waals surface area contributed by atoms with E-state index in [1.54, 1.807) is 29.2 Å². The minimum atomic E-state index is -0.580. The van der Waals surface area contributed by atoms with Gasteiger partial charge in [-0.1, -0.05) is 17.7 Å². The molecule has 1 aromatic carbocycles. The second kappa shape index (κ2) is 7.63. The van der Waals surface area contributed by atoms with Crippen LogP contribution in [0.3, 0.4) is 0 Å². The number of nitrogens with zero attached hydrogens (tertiary/aromatic N) is 2. The molecule has 0 bridgehead atoms. The van der Waals surface area contributed by atoms with Crippen LogP contribution in [0.2, 0.25) is 0 Å². The fourth-order valence-corrected chi connectivity index (χ4v) is 2.41. The molecule has 0 fully saturated rings. The lowest BCUT2D eigenvalue weighted by atomic mass is 10.1. The molecule has 0 aliphatic carbocycles. The molecule has 0 saturated heterocycles. The van der Waals surface area contributed by atoms with E-state index in [-0.39, 0.29) is 18.5 Å². The Bertz CT molecular complexity index is 684. The molecule has 0 spiro atoms. The molecule has 1 aliphatic rings. The van der Waals surface area contributed by atoms with Crippen LogP contribution >= 0.6 is 0 Å². The third kappa shape index (κ3) is 4.58. The first-order valence-corrected chi connectivity index (χ1v) is 7.72. The van der Waals surface area contributed by atoms with E-state index in [0.29, 0.717) is 24.3 Å². The van der Waals surface area contributed by atoms with Gasteiger partial charge in [0.1, 0.15) is 0 Å². The molecule has 4 amide bonds. The van der Waals surface area contributed by atoms with Crippen molar-refractivity contribution in [3.8, 4) is 0 Å². The van der Waals surface area contributed by atoms with Gasteiger partial charge in [0.15, 0.2) is 0 Å². The summed E-state index contributed by atoms with van der Waals surface area (Å²) in [5.41, 5.74) is 7.29. The number of likely N-dealkylation sites (N-methyl/N-ethyl adjacent to an activating group) is 1. The van der Waals surface area contributed by atoms with Crippen molar-refractivity contribution >= 4 is 23.5 Å². The Kier molecular flexibility index (Phi) is 5.57. The highest BCUT2D eigenvalue weighted by atomic mass is 16.2. The van der Waals surface area contributed by atoms with Crippen LogP contribution < -0.4 is 11.1 Å². The average Bonchev–Trinajstić information content (AvgIpc) is 2.54. The maximum Gasteiger partial charge on any atom is 0.322 e. The number of urea groups is 1. The van der Waals surface area contributed by atoms with E-state index in [1.165, 1.54) is 17.5 Å². The zero-order valence-corrected chi connectivity index (χ0v) is 13.9. The third-order valence-corrected chi connectivity index (χ3v) is 3.82. The molecule has 1 aromatic rings. The van der Waals surface area contributed by atoms with Gasteiger partial charge in [0.25, 0.3) is 5.91 Å². The van der Waals surface area contributed by atoms with Gasteiger partial charge in [0.2, 0.25) is 5.91 Å². The van der Waals surface area contributed by atoms with Crippen molar-refractivity contribution in [1.82, 2.24) is 9.80 Å². The highest BCUT2D eigenvalue weighted by molar-refractivity contribution is 5.98. The minimum Gasteiger partial charge on any atom is -0.368 e. The Hall–Kier alpha value is -2.83.